The Balaban J connectivity index is 1.95. The molecular weight excluding hydrogens is 305 g/mol. The van der Waals surface area contributed by atoms with Crippen molar-refractivity contribution in [3.63, 3.8) is 0 Å². The average molecular weight is 323 g/mol. The van der Waals surface area contributed by atoms with Gasteiger partial charge < -0.3 is 5.32 Å². The van der Waals surface area contributed by atoms with Crippen LogP contribution in [0.4, 0.5) is 15.0 Å². The maximum absolute atomic E-state index is 14.2. The number of halogens is 1. The number of amides is 2. The summed E-state index contributed by atoms with van der Waals surface area (Å²) in [5.41, 5.74) is 2.14. The van der Waals surface area contributed by atoms with Crippen LogP contribution in [0.3, 0.4) is 0 Å². The molecule has 5 heteroatoms. The standard InChI is InChI=1S/C19H18FN3O/c1-2-21-19(24)23-18-11-15-16(12-22-18)14(8-9-17(15)20)10-13-6-4-3-5-7-13/h3-9,11-12H,2,10H2,1H3,(H2,21,22,23,24). The first-order chi connectivity index (χ1) is 11.7. The topological polar surface area (TPSA) is 54.0 Å². The zero-order valence-corrected chi connectivity index (χ0v) is 13.3. The van der Waals surface area contributed by atoms with Crippen LogP contribution in [0.2, 0.25) is 0 Å². The number of anilines is 1. The Morgan fingerprint density at radius 1 is 1.12 bits per heavy atom. The van der Waals surface area contributed by atoms with E-state index < -0.39 is 0 Å². The predicted molar refractivity (Wildman–Crippen MR) is 93.6 cm³/mol. The number of pyridine rings is 1. The molecule has 0 bridgehead atoms. The van der Waals surface area contributed by atoms with Gasteiger partial charge in [-0.3, -0.25) is 5.32 Å². The third kappa shape index (κ3) is 3.51. The molecule has 0 atom stereocenters. The van der Waals surface area contributed by atoms with E-state index in [1.807, 2.05) is 37.3 Å². The van der Waals surface area contributed by atoms with Gasteiger partial charge in [0, 0.05) is 23.5 Å². The molecule has 2 aromatic carbocycles. The van der Waals surface area contributed by atoms with Gasteiger partial charge in [-0.2, -0.15) is 0 Å². The number of fused-ring (bicyclic) bond motifs is 1. The van der Waals surface area contributed by atoms with Crippen LogP contribution in [0.1, 0.15) is 18.1 Å². The second kappa shape index (κ2) is 7.08. The molecule has 0 aliphatic rings. The summed E-state index contributed by atoms with van der Waals surface area (Å²) in [6.45, 7) is 2.33. The molecule has 122 valence electrons. The minimum atomic E-state index is -0.356. The first kappa shape index (κ1) is 15.9. The van der Waals surface area contributed by atoms with E-state index in [-0.39, 0.29) is 11.8 Å². The highest BCUT2D eigenvalue weighted by Gasteiger charge is 2.10. The molecule has 0 unspecified atom stereocenters. The lowest BCUT2D eigenvalue weighted by Crippen LogP contribution is -2.28. The number of carbonyl (C=O) groups excluding carboxylic acids is 1. The van der Waals surface area contributed by atoms with Gasteiger partial charge in [0.2, 0.25) is 0 Å². The van der Waals surface area contributed by atoms with E-state index in [1.165, 1.54) is 6.07 Å². The summed E-state index contributed by atoms with van der Waals surface area (Å²) in [7, 11) is 0. The summed E-state index contributed by atoms with van der Waals surface area (Å²) in [5, 5.41) is 6.42. The van der Waals surface area contributed by atoms with Gasteiger partial charge in [0.15, 0.2) is 0 Å². The molecule has 2 N–H and O–H groups in total. The van der Waals surface area contributed by atoms with Crippen molar-refractivity contribution in [3.05, 3.63) is 71.7 Å². The number of aromatic nitrogens is 1. The van der Waals surface area contributed by atoms with Crippen molar-refractivity contribution >= 4 is 22.6 Å². The van der Waals surface area contributed by atoms with E-state index in [4.69, 9.17) is 0 Å². The number of rotatable bonds is 4. The monoisotopic (exact) mass is 323 g/mol. The van der Waals surface area contributed by atoms with Crippen molar-refractivity contribution in [1.29, 1.82) is 0 Å². The quantitative estimate of drug-likeness (QED) is 0.759. The Morgan fingerprint density at radius 2 is 1.92 bits per heavy atom. The number of benzene rings is 2. The summed E-state index contributed by atoms with van der Waals surface area (Å²) < 4.78 is 14.2. The van der Waals surface area contributed by atoms with Crippen molar-refractivity contribution in [2.24, 2.45) is 0 Å². The van der Waals surface area contributed by atoms with Crippen molar-refractivity contribution in [2.75, 3.05) is 11.9 Å². The SMILES string of the molecule is CCNC(=O)Nc1cc2c(F)ccc(Cc3ccccc3)c2cn1. The number of urea groups is 1. The second-order valence-electron chi connectivity index (χ2n) is 5.47. The molecule has 2 amide bonds. The van der Waals surface area contributed by atoms with E-state index >= 15 is 0 Å². The van der Waals surface area contributed by atoms with E-state index in [0.29, 0.717) is 24.2 Å². The maximum Gasteiger partial charge on any atom is 0.320 e. The lowest BCUT2D eigenvalue weighted by Gasteiger charge is -2.10. The van der Waals surface area contributed by atoms with E-state index in [9.17, 15) is 9.18 Å². The largest absolute Gasteiger partial charge is 0.338 e. The molecule has 24 heavy (non-hydrogen) atoms. The Kier molecular flexibility index (Phi) is 4.70. The Morgan fingerprint density at radius 3 is 2.67 bits per heavy atom. The molecule has 0 saturated heterocycles. The smallest absolute Gasteiger partial charge is 0.320 e. The van der Waals surface area contributed by atoms with Gasteiger partial charge in [0.25, 0.3) is 0 Å². The summed E-state index contributed by atoms with van der Waals surface area (Å²) >= 11 is 0. The summed E-state index contributed by atoms with van der Waals surface area (Å²) in [4.78, 5) is 15.8. The normalized spacial score (nSPS) is 10.6. The van der Waals surface area contributed by atoms with Crippen LogP contribution >= 0.6 is 0 Å². The fourth-order valence-corrected chi connectivity index (χ4v) is 2.62. The summed E-state index contributed by atoms with van der Waals surface area (Å²) in [6, 6.07) is 14.4. The number of hydrogen-bond donors (Lipinski definition) is 2. The lowest BCUT2D eigenvalue weighted by atomic mass is 9.99. The average Bonchev–Trinajstić information content (AvgIpc) is 2.59. The number of nitrogens with one attached hydrogen (secondary N) is 2. The molecule has 0 radical (unpaired) electrons. The van der Waals surface area contributed by atoms with Crippen LogP contribution in [0.15, 0.2) is 54.7 Å². The Hall–Kier alpha value is -2.95. The lowest BCUT2D eigenvalue weighted by molar-refractivity contribution is 0.252. The molecule has 0 aliphatic heterocycles. The number of carbonyl (C=O) groups is 1. The van der Waals surface area contributed by atoms with Gasteiger partial charge in [0.1, 0.15) is 11.6 Å². The zero-order valence-electron chi connectivity index (χ0n) is 13.3. The third-order valence-corrected chi connectivity index (χ3v) is 3.75. The van der Waals surface area contributed by atoms with Gasteiger partial charge in [-0.15, -0.1) is 0 Å². The Labute approximate surface area is 139 Å². The fraction of sp³-hybridized carbons (Fsp3) is 0.158. The van der Waals surface area contributed by atoms with Crippen LogP contribution in [0, 0.1) is 5.82 Å². The van der Waals surface area contributed by atoms with E-state index in [1.54, 1.807) is 18.3 Å². The van der Waals surface area contributed by atoms with Crippen LogP contribution in [0.25, 0.3) is 10.8 Å². The van der Waals surface area contributed by atoms with Crippen LogP contribution in [-0.4, -0.2) is 17.6 Å². The molecule has 3 aromatic rings. The van der Waals surface area contributed by atoms with Gasteiger partial charge in [-0.25, -0.2) is 14.2 Å². The third-order valence-electron chi connectivity index (χ3n) is 3.75. The molecule has 0 aliphatic carbocycles. The van der Waals surface area contributed by atoms with Gasteiger partial charge in [-0.1, -0.05) is 36.4 Å². The fourth-order valence-electron chi connectivity index (χ4n) is 2.62. The Bertz CT molecular complexity index is 865. The molecule has 1 aromatic heterocycles. The summed E-state index contributed by atoms with van der Waals surface area (Å²) in [6.07, 6.45) is 2.31. The van der Waals surface area contributed by atoms with Crippen LogP contribution in [-0.2, 0) is 6.42 Å². The van der Waals surface area contributed by atoms with E-state index in [0.717, 1.165) is 16.5 Å². The maximum atomic E-state index is 14.2. The van der Waals surface area contributed by atoms with Crippen LogP contribution in [0.5, 0.6) is 0 Å². The van der Waals surface area contributed by atoms with Gasteiger partial charge in [0.05, 0.1) is 0 Å². The first-order valence-corrected chi connectivity index (χ1v) is 7.83. The van der Waals surface area contributed by atoms with E-state index in [2.05, 4.69) is 15.6 Å². The molecule has 4 nitrogen and oxygen atoms in total. The molecule has 1 heterocycles. The van der Waals surface area contributed by atoms with Gasteiger partial charge in [-0.05, 0) is 36.6 Å². The minimum Gasteiger partial charge on any atom is -0.338 e. The van der Waals surface area contributed by atoms with Crippen molar-refractivity contribution in [1.82, 2.24) is 10.3 Å². The first-order valence-electron chi connectivity index (χ1n) is 7.83. The van der Waals surface area contributed by atoms with Crippen molar-refractivity contribution in [2.45, 2.75) is 13.3 Å². The number of hydrogen-bond acceptors (Lipinski definition) is 2. The number of nitrogens with zero attached hydrogens (tertiary/aromatic N) is 1. The van der Waals surface area contributed by atoms with Gasteiger partial charge >= 0.3 is 6.03 Å². The summed E-state index contributed by atoms with van der Waals surface area (Å²) in [5.74, 6) is -0.00706. The highest BCUT2D eigenvalue weighted by molar-refractivity contribution is 5.93. The van der Waals surface area contributed by atoms with Crippen molar-refractivity contribution in [3.8, 4) is 0 Å². The molecule has 3 rings (SSSR count). The highest BCUT2D eigenvalue weighted by atomic mass is 19.1. The minimum absolute atomic E-state index is 0.323. The molecule has 0 fully saturated rings. The zero-order chi connectivity index (χ0) is 16.9. The molecule has 0 saturated carbocycles. The second-order valence-corrected chi connectivity index (χ2v) is 5.47. The van der Waals surface area contributed by atoms with Crippen LogP contribution < -0.4 is 10.6 Å². The molecular formula is C19H18FN3O. The highest BCUT2D eigenvalue weighted by Crippen LogP contribution is 2.25. The predicted octanol–water partition coefficient (Wildman–Crippen LogP) is 4.11. The van der Waals surface area contributed by atoms with Crippen molar-refractivity contribution < 1.29 is 9.18 Å². The molecule has 0 spiro atoms.